The van der Waals surface area contributed by atoms with Gasteiger partial charge < -0.3 is 10.2 Å². The van der Waals surface area contributed by atoms with Gasteiger partial charge in [-0.3, -0.25) is 9.80 Å². The average molecular weight is 318 g/mol. The summed E-state index contributed by atoms with van der Waals surface area (Å²) in [6.07, 6.45) is 4.95. The highest BCUT2D eigenvalue weighted by Crippen LogP contribution is 2.34. The molecular weight excluding hydrogens is 288 g/mol. The van der Waals surface area contributed by atoms with Gasteiger partial charge in [0.15, 0.2) is 0 Å². The fourth-order valence-corrected chi connectivity index (χ4v) is 3.94. The van der Waals surface area contributed by atoms with Crippen LogP contribution in [-0.2, 0) is 0 Å². The van der Waals surface area contributed by atoms with Crippen molar-refractivity contribution in [2.45, 2.75) is 37.7 Å². The maximum Gasteiger partial charge on any atom is 0.0916 e. The standard InChI is InChI=1S/C19H30N2O2/c22-14-13-20-9-11-21(12-10-20)15-19(23)18-7-5-17(6-8-18)16-3-1-2-4-16/h5-8,16,19,22-23H,1-4,9-15H2. The number of piperazine rings is 1. The van der Waals surface area contributed by atoms with Gasteiger partial charge >= 0.3 is 0 Å². The van der Waals surface area contributed by atoms with Gasteiger partial charge in [0.25, 0.3) is 0 Å². The SMILES string of the molecule is OCCN1CCN(CC(O)c2ccc(C3CCCC3)cc2)CC1. The number of β-amino-alcohol motifs (C(OH)–C–C–N with tert-alkyl or cyclic N) is 2. The number of hydrogen-bond donors (Lipinski definition) is 2. The van der Waals surface area contributed by atoms with Gasteiger partial charge in [0, 0.05) is 39.3 Å². The number of benzene rings is 1. The third-order valence-corrected chi connectivity index (χ3v) is 5.46. The molecule has 2 aliphatic rings. The molecule has 0 radical (unpaired) electrons. The second-order valence-electron chi connectivity index (χ2n) is 7.03. The monoisotopic (exact) mass is 318 g/mol. The lowest BCUT2D eigenvalue weighted by molar-refractivity contribution is 0.0661. The molecule has 128 valence electrons. The van der Waals surface area contributed by atoms with E-state index in [4.69, 9.17) is 5.11 Å². The first-order valence-electron chi connectivity index (χ1n) is 9.10. The molecule has 1 aromatic carbocycles. The van der Waals surface area contributed by atoms with E-state index in [1.54, 1.807) is 0 Å². The van der Waals surface area contributed by atoms with Crippen molar-refractivity contribution < 1.29 is 10.2 Å². The third kappa shape index (κ3) is 4.54. The Kier molecular flexibility index (Phi) is 6.06. The zero-order valence-electron chi connectivity index (χ0n) is 14.0. The van der Waals surface area contributed by atoms with Crippen molar-refractivity contribution in [3.8, 4) is 0 Å². The Hall–Kier alpha value is -0.940. The van der Waals surface area contributed by atoms with Crippen molar-refractivity contribution >= 4 is 0 Å². The minimum absolute atomic E-state index is 0.232. The molecule has 3 rings (SSSR count). The van der Waals surface area contributed by atoms with Gasteiger partial charge in [0.2, 0.25) is 0 Å². The first kappa shape index (κ1) is 16.9. The van der Waals surface area contributed by atoms with Crippen molar-refractivity contribution in [3.05, 3.63) is 35.4 Å². The summed E-state index contributed by atoms with van der Waals surface area (Å²) in [6, 6.07) is 8.65. The normalized spacial score (nSPS) is 22.5. The zero-order chi connectivity index (χ0) is 16.1. The lowest BCUT2D eigenvalue weighted by atomic mass is 9.95. The summed E-state index contributed by atoms with van der Waals surface area (Å²) in [5.41, 5.74) is 2.47. The van der Waals surface area contributed by atoms with Crippen LogP contribution in [0, 0.1) is 0 Å². The number of aliphatic hydroxyl groups excluding tert-OH is 2. The van der Waals surface area contributed by atoms with Crippen molar-refractivity contribution in [2.24, 2.45) is 0 Å². The first-order valence-corrected chi connectivity index (χ1v) is 9.10. The summed E-state index contributed by atoms with van der Waals surface area (Å²) in [5.74, 6) is 0.737. The molecule has 1 aliphatic heterocycles. The largest absolute Gasteiger partial charge is 0.395 e. The van der Waals surface area contributed by atoms with Crippen molar-refractivity contribution in [3.63, 3.8) is 0 Å². The van der Waals surface area contributed by atoms with Crippen LogP contribution in [0.25, 0.3) is 0 Å². The molecule has 1 atom stereocenters. The molecule has 1 saturated heterocycles. The van der Waals surface area contributed by atoms with Gasteiger partial charge in [0.05, 0.1) is 12.7 Å². The van der Waals surface area contributed by atoms with E-state index >= 15 is 0 Å². The minimum atomic E-state index is -0.406. The minimum Gasteiger partial charge on any atom is -0.395 e. The van der Waals surface area contributed by atoms with E-state index in [-0.39, 0.29) is 6.61 Å². The molecule has 1 aromatic rings. The summed E-state index contributed by atoms with van der Waals surface area (Å²) in [5, 5.41) is 19.5. The molecule has 23 heavy (non-hydrogen) atoms. The van der Waals surface area contributed by atoms with Crippen LogP contribution in [0.5, 0.6) is 0 Å². The van der Waals surface area contributed by atoms with E-state index in [1.165, 1.54) is 31.2 Å². The fourth-order valence-electron chi connectivity index (χ4n) is 3.94. The van der Waals surface area contributed by atoms with Gasteiger partial charge in [-0.15, -0.1) is 0 Å². The molecule has 0 spiro atoms. The highest BCUT2D eigenvalue weighted by molar-refractivity contribution is 5.27. The Labute approximate surface area is 139 Å². The molecule has 4 heteroatoms. The lowest BCUT2D eigenvalue weighted by Crippen LogP contribution is -2.48. The van der Waals surface area contributed by atoms with E-state index in [2.05, 4.69) is 34.1 Å². The predicted molar refractivity (Wildman–Crippen MR) is 92.6 cm³/mol. The van der Waals surface area contributed by atoms with Crippen LogP contribution in [0.1, 0.15) is 48.8 Å². The second-order valence-corrected chi connectivity index (χ2v) is 7.03. The van der Waals surface area contributed by atoms with Crippen LogP contribution >= 0.6 is 0 Å². The van der Waals surface area contributed by atoms with Gasteiger partial charge in [-0.05, 0) is 29.9 Å². The first-order chi connectivity index (χ1) is 11.3. The smallest absolute Gasteiger partial charge is 0.0916 e. The Morgan fingerprint density at radius 1 is 0.957 bits per heavy atom. The van der Waals surface area contributed by atoms with Crippen LogP contribution in [0.2, 0.25) is 0 Å². The van der Waals surface area contributed by atoms with E-state index in [0.717, 1.165) is 44.2 Å². The molecule has 1 unspecified atom stereocenters. The summed E-state index contributed by atoms with van der Waals surface area (Å²) in [4.78, 5) is 4.60. The van der Waals surface area contributed by atoms with Crippen LogP contribution in [0.4, 0.5) is 0 Å². The van der Waals surface area contributed by atoms with Crippen molar-refractivity contribution in [2.75, 3.05) is 45.9 Å². The van der Waals surface area contributed by atoms with Crippen LogP contribution < -0.4 is 0 Å². The molecule has 2 N–H and O–H groups in total. The fraction of sp³-hybridized carbons (Fsp3) is 0.684. The summed E-state index contributed by atoms with van der Waals surface area (Å²) in [7, 11) is 0. The second kappa shape index (κ2) is 8.25. The van der Waals surface area contributed by atoms with Gasteiger partial charge in [-0.1, -0.05) is 37.1 Å². The molecule has 1 aliphatic carbocycles. The molecule has 0 amide bonds. The summed E-state index contributed by atoms with van der Waals surface area (Å²) < 4.78 is 0. The summed E-state index contributed by atoms with van der Waals surface area (Å²) in [6.45, 7) is 5.60. The molecule has 1 saturated carbocycles. The molecule has 1 heterocycles. The average Bonchev–Trinajstić information content (AvgIpc) is 3.11. The van der Waals surface area contributed by atoms with Crippen LogP contribution in [0.15, 0.2) is 24.3 Å². The van der Waals surface area contributed by atoms with Crippen LogP contribution in [-0.4, -0.2) is 65.9 Å². The number of nitrogens with zero attached hydrogens (tertiary/aromatic N) is 2. The Bertz CT molecular complexity index is 463. The maximum absolute atomic E-state index is 10.5. The number of rotatable bonds is 6. The Morgan fingerprint density at radius 3 is 2.17 bits per heavy atom. The quantitative estimate of drug-likeness (QED) is 0.842. The molecule has 0 bridgehead atoms. The van der Waals surface area contributed by atoms with Gasteiger partial charge in [-0.2, -0.15) is 0 Å². The van der Waals surface area contributed by atoms with Crippen LogP contribution in [0.3, 0.4) is 0 Å². The lowest BCUT2D eigenvalue weighted by Gasteiger charge is -2.35. The Balaban J connectivity index is 1.49. The highest BCUT2D eigenvalue weighted by atomic mass is 16.3. The van der Waals surface area contributed by atoms with Gasteiger partial charge in [-0.25, -0.2) is 0 Å². The zero-order valence-corrected chi connectivity index (χ0v) is 14.0. The molecule has 4 nitrogen and oxygen atoms in total. The van der Waals surface area contributed by atoms with E-state index < -0.39 is 6.10 Å². The topological polar surface area (TPSA) is 46.9 Å². The molecule has 2 fully saturated rings. The predicted octanol–water partition coefficient (Wildman–Crippen LogP) is 1.99. The third-order valence-electron chi connectivity index (χ3n) is 5.46. The Morgan fingerprint density at radius 2 is 1.57 bits per heavy atom. The number of aliphatic hydroxyl groups is 2. The van der Waals surface area contributed by atoms with E-state index in [0.29, 0.717) is 6.54 Å². The maximum atomic E-state index is 10.5. The highest BCUT2D eigenvalue weighted by Gasteiger charge is 2.20. The van der Waals surface area contributed by atoms with Crippen molar-refractivity contribution in [1.29, 1.82) is 0 Å². The summed E-state index contributed by atoms with van der Waals surface area (Å²) >= 11 is 0. The molecule has 0 aromatic heterocycles. The van der Waals surface area contributed by atoms with Crippen molar-refractivity contribution in [1.82, 2.24) is 9.80 Å². The van der Waals surface area contributed by atoms with E-state index in [1.807, 2.05) is 0 Å². The molecular formula is C19H30N2O2. The van der Waals surface area contributed by atoms with E-state index in [9.17, 15) is 5.11 Å². The number of hydrogen-bond acceptors (Lipinski definition) is 4. The van der Waals surface area contributed by atoms with Gasteiger partial charge in [0.1, 0.15) is 0 Å².